The fraction of sp³-hybridized carbons (Fsp3) is 0.167. The molecule has 39 heavy (non-hydrogen) atoms. The number of allylic oxidation sites excluding steroid dienone is 1. The number of methoxy groups -OCH3 is 2. The molecular weight excluding hydrogens is 536 g/mol. The maximum absolute atomic E-state index is 13.8. The lowest BCUT2D eigenvalue weighted by Gasteiger charge is -2.24. The molecule has 3 aromatic carbocycles. The molecule has 0 saturated heterocycles. The number of nitrogens with zero attached hydrogens (tertiary/aromatic N) is 2. The zero-order valence-corrected chi connectivity index (χ0v) is 23.1. The van der Waals surface area contributed by atoms with Gasteiger partial charge in [0.15, 0.2) is 4.80 Å². The molecule has 4 aromatic rings. The van der Waals surface area contributed by atoms with Gasteiger partial charge in [0.05, 0.1) is 36.1 Å². The minimum atomic E-state index is -0.644. The standard InChI is InChI=1S/C30H25ClN2O5S/c1-18-26(29(35)37-3)27(20-8-5-4-6-9-20)33-28(34)25(39-30(33)32-18)15-19-12-13-24(36-2)21(14-19)17-38-23-11-7-10-22(31)16-23/h4-16,27H,17H2,1-3H3. The molecule has 1 atom stereocenters. The average molecular weight is 561 g/mol. The van der Waals surface area contributed by atoms with Gasteiger partial charge in [0.2, 0.25) is 0 Å². The van der Waals surface area contributed by atoms with E-state index in [4.69, 9.17) is 25.8 Å². The van der Waals surface area contributed by atoms with Gasteiger partial charge in [-0.25, -0.2) is 9.79 Å². The Bertz CT molecular complexity index is 1760. The van der Waals surface area contributed by atoms with Gasteiger partial charge in [-0.3, -0.25) is 9.36 Å². The lowest BCUT2D eigenvalue weighted by Crippen LogP contribution is -2.39. The highest BCUT2D eigenvalue weighted by Gasteiger charge is 2.32. The first-order valence-electron chi connectivity index (χ1n) is 12.1. The third-order valence-electron chi connectivity index (χ3n) is 6.33. The van der Waals surface area contributed by atoms with Crippen LogP contribution in [0.5, 0.6) is 11.5 Å². The van der Waals surface area contributed by atoms with E-state index in [1.165, 1.54) is 18.4 Å². The molecule has 1 aliphatic heterocycles. The van der Waals surface area contributed by atoms with E-state index in [-0.39, 0.29) is 12.2 Å². The van der Waals surface area contributed by atoms with Gasteiger partial charge in [-0.15, -0.1) is 0 Å². The van der Waals surface area contributed by atoms with Crippen molar-refractivity contribution < 1.29 is 19.0 Å². The lowest BCUT2D eigenvalue weighted by atomic mass is 9.96. The van der Waals surface area contributed by atoms with Crippen LogP contribution in [0, 0.1) is 0 Å². The number of benzene rings is 3. The summed E-state index contributed by atoms with van der Waals surface area (Å²) in [5.41, 5.74) is 3.02. The molecular formula is C30H25ClN2O5S. The summed E-state index contributed by atoms with van der Waals surface area (Å²) >= 11 is 7.35. The number of rotatable bonds is 7. The Morgan fingerprint density at radius 2 is 1.87 bits per heavy atom. The van der Waals surface area contributed by atoms with Gasteiger partial charge in [0.25, 0.3) is 5.56 Å². The van der Waals surface area contributed by atoms with Crippen molar-refractivity contribution >= 4 is 35.0 Å². The predicted octanol–water partition coefficient (Wildman–Crippen LogP) is 4.65. The van der Waals surface area contributed by atoms with Gasteiger partial charge in [-0.2, -0.15) is 0 Å². The molecule has 1 aliphatic rings. The number of thiazole rings is 1. The molecule has 9 heteroatoms. The van der Waals surface area contributed by atoms with Gasteiger partial charge in [0.1, 0.15) is 18.1 Å². The average Bonchev–Trinajstić information content (AvgIpc) is 3.25. The van der Waals surface area contributed by atoms with Crippen LogP contribution < -0.4 is 24.4 Å². The predicted molar refractivity (Wildman–Crippen MR) is 151 cm³/mol. The van der Waals surface area contributed by atoms with Crippen LogP contribution in [0.1, 0.15) is 29.7 Å². The molecule has 198 valence electrons. The molecule has 0 fully saturated rings. The number of hydrogen-bond acceptors (Lipinski definition) is 7. The number of esters is 1. The normalized spacial score (nSPS) is 15.0. The SMILES string of the molecule is COC(=O)C1=C(C)N=c2sc(=Cc3ccc(OC)c(COc4cccc(Cl)c4)c3)c(=O)n2C1c1ccccc1. The van der Waals surface area contributed by atoms with Crippen molar-refractivity contribution in [3.63, 3.8) is 0 Å². The number of aromatic nitrogens is 1. The second-order valence-corrected chi connectivity index (χ2v) is 10.2. The molecule has 0 saturated carbocycles. The fourth-order valence-corrected chi connectivity index (χ4v) is 5.74. The summed E-state index contributed by atoms with van der Waals surface area (Å²) in [5, 5.41) is 0.586. The zero-order valence-electron chi connectivity index (χ0n) is 21.5. The van der Waals surface area contributed by atoms with Crippen molar-refractivity contribution in [1.29, 1.82) is 0 Å². The van der Waals surface area contributed by atoms with E-state index in [0.29, 0.717) is 37.1 Å². The number of halogens is 1. The first kappa shape index (κ1) is 26.5. The Balaban J connectivity index is 1.57. The molecule has 0 aliphatic carbocycles. The van der Waals surface area contributed by atoms with E-state index >= 15 is 0 Å². The number of fused-ring (bicyclic) bond motifs is 1. The van der Waals surface area contributed by atoms with E-state index in [1.807, 2.05) is 66.7 Å². The minimum Gasteiger partial charge on any atom is -0.496 e. The zero-order chi connectivity index (χ0) is 27.5. The van der Waals surface area contributed by atoms with Crippen LogP contribution >= 0.6 is 22.9 Å². The Morgan fingerprint density at radius 3 is 2.59 bits per heavy atom. The molecule has 5 rings (SSSR count). The van der Waals surface area contributed by atoms with Crippen molar-refractivity contribution in [1.82, 2.24) is 4.57 Å². The van der Waals surface area contributed by atoms with Crippen LogP contribution in [0.3, 0.4) is 0 Å². The van der Waals surface area contributed by atoms with Crippen LogP contribution in [0.15, 0.2) is 93.9 Å². The molecule has 1 unspecified atom stereocenters. The van der Waals surface area contributed by atoms with Gasteiger partial charge >= 0.3 is 5.97 Å². The van der Waals surface area contributed by atoms with Crippen LogP contribution in [-0.4, -0.2) is 24.8 Å². The van der Waals surface area contributed by atoms with E-state index in [0.717, 1.165) is 16.7 Å². The van der Waals surface area contributed by atoms with E-state index in [2.05, 4.69) is 4.99 Å². The first-order valence-corrected chi connectivity index (χ1v) is 13.3. The summed E-state index contributed by atoms with van der Waals surface area (Å²) in [7, 11) is 2.92. The van der Waals surface area contributed by atoms with E-state index in [9.17, 15) is 9.59 Å². The highest BCUT2D eigenvalue weighted by atomic mass is 35.5. The summed E-state index contributed by atoms with van der Waals surface area (Å²) in [5.74, 6) is 0.790. The summed E-state index contributed by atoms with van der Waals surface area (Å²) in [4.78, 5) is 31.6. The maximum atomic E-state index is 13.8. The molecule has 0 radical (unpaired) electrons. The summed E-state index contributed by atoms with van der Waals surface area (Å²) < 4.78 is 18.6. The van der Waals surface area contributed by atoms with Crippen molar-refractivity contribution in [2.75, 3.05) is 14.2 Å². The number of ether oxygens (including phenoxy) is 3. The highest BCUT2D eigenvalue weighted by molar-refractivity contribution is 7.07. The van der Waals surface area contributed by atoms with E-state index in [1.54, 1.807) is 30.7 Å². The Morgan fingerprint density at radius 1 is 1.08 bits per heavy atom. The topological polar surface area (TPSA) is 79.1 Å². The van der Waals surface area contributed by atoms with E-state index < -0.39 is 12.0 Å². The summed E-state index contributed by atoms with van der Waals surface area (Å²) in [6.45, 7) is 2.01. The van der Waals surface area contributed by atoms with Crippen LogP contribution in [-0.2, 0) is 16.1 Å². The quantitative estimate of drug-likeness (QED) is 0.307. The molecule has 7 nitrogen and oxygen atoms in total. The summed E-state index contributed by atoms with van der Waals surface area (Å²) in [6.07, 6.45) is 1.81. The van der Waals surface area contributed by atoms with Gasteiger partial charge < -0.3 is 14.2 Å². The summed E-state index contributed by atoms with van der Waals surface area (Å²) in [6, 6.07) is 21.6. The molecule has 1 aromatic heterocycles. The molecule has 0 bridgehead atoms. The first-order chi connectivity index (χ1) is 18.9. The van der Waals surface area contributed by atoms with Crippen molar-refractivity contribution in [3.05, 3.63) is 125 Å². The second kappa shape index (κ2) is 11.3. The van der Waals surface area contributed by atoms with Gasteiger partial charge in [-0.1, -0.05) is 65.4 Å². The van der Waals surface area contributed by atoms with Crippen LogP contribution in [0.25, 0.3) is 6.08 Å². The van der Waals surface area contributed by atoms with Crippen LogP contribution in [0.2, 0.25) is 5.02 Å². The Labute approximate surface area is 233 Å². The largest absolute Gasteiger partial charge is 0.496 e. The molecule has 0 spiro atoms. The monoisotopic (exact) mass is 560 g/mol. The third kappa shape index (κ3) is 5.39. The Kier molecular flexibility index (Phi) is 7.67. The Hall–Kier alpha value is -4.14. The highest BCUT2D eigenvalue weighted by Crippen LogP contribution is 2.30. The third-order valence-corrected chi connectivity index (χ3v) is 7.55. The number of carbonyl (C=O) groups is 1. The van der Waals surface area contributed by atoms with Gasteiger partial charge in [-0.05, 0) is 54.5 Å². The van der Waals surface area contributed by atoms with Gasteiger partial charge in [0, 0.05) is 10.6 Å². The molecule has 0 N–H and O–H groups in total. The minimum absolute atomic E-state index is 0.242. The molecule has 0 amide bonds. The van der Waals surface area contributed by atoms with Crippen molar-refractivity contribution in [3.8, 4) is 11.5 Å². The second-order valence-electron chi connectivity index (χ2n) is 8.80. The van der Waals surface area contributed by atoms with Crippen LogP contribution in [0.4, 0.5) is 0 Å². The fourth-order valence-electron chi connectivity index (χ4n) is 4.51. The van der Waals surface area contributed by atoms with Crippen molar-refractivity contribution in [2.24, 2.45) is 4.99 Å². The molecule has 2 heterocycles. The maximum Gasteiger partial charge on any atom is 0.338 e. The van der Waals surface area contributed by atoms with Crippen molar-refractivity contribution in [2.45, 2.75) is 19.6 Å². The lowest BCUT2D eigenvalue weighted by molar-refractivity contribution is -0.136. The number of hydrogen-bond donors (Lipinski definition) is 0. The smallest absolute Gasteiger partial charge is 0.338 e. The number of carbonyl (C=O) groups excluding carboxylic acids is 1.